The lowest BCUT2D eigenvalue weighted by atomic mass is 10.1. The van der Waals surface area contributed by atoms with Crippen LogP contribution in [0.15, 0.2) is 18.3 Å². The fraction of sp³-hybridized carbons (Fsp3) is 0.222. The minimum atomic E-state index is -0.378. The van der Waals surface area contributed by atoms with Crippen LogP contribution in [-0.2, 0) is 7.05 Å². The van der Waals surface area contributed by atoms with E-state index in [4.69, 9.17) is 0 Å². The fourth-order valence-corrected chi connectivity index (χ4v) is 1.52. The van der Waals surface area contributed by atoms with Gasteiger partial charge in [0, 0.05) is 13.1 Å². The summed E-state index contributed by atoms with van der Waals surface area (Å²) in [5, 5.41) is 15.3. The molecule has 1 aromatic heterocycles. The highest BCUT2D eigenvalue weighted by atomic mass is 16.6. The number of aryl methyl sites for hydroxylation is 2. The van der Waals surface area contributed by atoms with Gasteiger partial charge in [0.15, 0.2) is 0 Å². The predicted molar refractivity (Wildman–Crippen MR) is 52.1 cm³/mol. The molecular weight excluding hydrogens is 182 g/mol. The van der Waals surface area contributed by atoms with Gasteiger partial charge in [-0.3, -0.25) is 14.8 Å². The minimum absolute atomic E-state index is 0.119. The van der Waals surface area contributed by atoms with E-state index in [-0.39, 0.29) is 10.6 Å². The van der Waals surface area contributed by atoms with Gasteiger partial charge in [-0.25, -0.2) is 0 Å². The standard InChI is InChI=1S/C9H9N3O2/c1-6-3-8-7(5-10-11(8)2)9(4-6)12(13)14/h3-5H,1-2H3. The number of fused-ring (bicyclic) bond motifs is 1. The van der Waals surface area contributed by atoms with Crippen molar-refractivity contribution in [3.05, 3.63) is 34.0 Å². The number of nitrogens with zero attached hydrogens (tertiary/aromatic N) is 3. The van der Waals surface area contributed by atoms with E-state index >= 15 is 0 Å². The number of hydrogen-bond donors (Lipinski definition) is 0. The lowest BCUT2D eigenvalue weighted by Crippen LogP contribution is -1.92. The first-order valence-electron chi connectivity index (χ1n) is 4.16. The summed E-state index contributed by atoms with van der Waals surface area (Å²) >= 11 is 0. The van der Waals surface area contributed by atoms with Crippen LogP contribution >= 0.6 is 0 Å². The van der Waals surface area contributed by atoms with Crippen molar-refractivity contribution in [3.63, 3.8) is 0 Å². The molecule has 5 nitrogen and oxygen atoms in total. The third-order valence-corrected chi connectivity index (χ3v) is 2.19. The molecule has 0 aliphatic heterocycles. The second-order valence-corrected chi connectivity index (χ2v) is 3.24. The summed E-state index contributed by atoms with van der Waals surface area (Å²) in [7, 11) is 1.77. The summed E-state index contributed by atoms with van der Waals surface area (Å²) in [6, 6.07) is 3.44. The van der Waals surface area contributed by atoms with Crippen molar-refractivity contribution in [2.45, 2.75) is 6.92 Å². The molecule has 0 spiro atoms. The zero-order valence-corrected chi connectivity index (χ0v) is 7.89. The first-order chi connectivity index (χ1) is 6.59. The average Bonchev–Trinajstić information content (AvgIpc) is 2.47. The van der Waals surface area contributed by atoms with Gasteiger partial charge in [0.2, 0.25) is 0 Å². The maximum Gasteiger partial charge on any atom is 0.280 e. The third kappa shape index (κ3) is 1.14. The Balaban J connectivity index is 2.88. The average molecular weight is 191 g/mol. The molecule has 14 heavy (non-hydrogen) atoms. The van der Waals surface area contributed by atoms with E-state index in [0.29, 0.717) is 5.39 Å². The number of benzene rings is 1. The Labute approximate surface area is 80.1 Å². The summed E-state index contributed by atoms with van der Waals surface area (Å²) in [6.45, 7) is 1.83. The highest BCUT2D eigenvalue weighted by Gasteiger charge is 2.14. The normalized spacial score (nSPS) is 10.7. The van der Waals surface area contributed by atoms with Crippen LogP contribution in [0, 0.1) is 17.0 Å². The number of aromatic nitrogens is 2. The minimum Gasteiger partial charge on any atom is -0.268 e. The van der Waals surface area contributed by atoms with Gasteiger partial charge in [-0.1, -0.05) is 0 Å². The van der Waals surface area contributed by atoms with Crippen molar-refractivity contribution < 1.29 is 4.92 Å². The zero-order chi connectivity index (χ0) is 10.3. The van der Waals surface area contributed by atoms with Crippen LogP contribution in [0.4, 0.5) is 5.69 Å². The Morgan fingerprint density at radius 2 is 2.21 bits per heavy atom. The zero-order valence-electron chi connectivity index (χ0n) is 7.89. The van der Waals surface area contributed by atoms with E-state index in [1.165, 1.54) is 6.20 Å². The van der Waals surface area contributed by atoms with Crippen molar-refractivity contribution in [1.29, 1.82) is 0 Å². The third-order valence-electron chi connectivity index (χ3n) is 2.19. The maximum absolute atomic E-state index is 10.7. The van der Waals surface area contributed by atoms with Crippen molar-refractivity contribution >= 4 is 16.6 Å². The molecule has 1 aromatic carbocycles. The van der Waals surface area contributed by atoms with Crippen LogP contribution < -0.4 is 0 Å². The Morgan fingerprint density at radius 3 is 2.86 bits per heavy atom. The van der Waals surface area contributed by atoms with Gasteiger partial charge in [0.1, 0.15) is 0 Å². The highest BCUT2D eigenvalue weighted by molar-refractivity contribution is 5.88. The molecule has 72 valence electrons. The van der Waals surface area contributed by atoms with Crippen molar-refractivity contribution in [1.82, 2.24) is 9.78 Å². The molecule has 0 atom stereocenters. The van der Waals surface area contributed by atoms with Crippen LogP contribution in [-0.4, -0.2) is 14.7 Å². The van der Waals surface area contributed by atoms with Crippen LogP contribution in [0.25, 0.3) is 10.9 Å². The lowest BCUT2D eigenvalue weighted by molar-refractivity contribution is -0.383. The molecule has 0 bridgehead atoms. The van der Waals surface area contributed by atoms with Gasteiger partial charge in [0.25, 0.3) is 5.69 Å². The second kappa shape index (κ2) is 2.80. The van der Waals surface area contributed by atoms with E-state index in [9.17, 15) is 10.1 Å². The topological polar surface area (TPSA) is 61.0 Å². The highest BCUT2D eigenvalue weighted by Crippen LogP contribution is 2.26. The van der Waals surface area contributed by atoms with Gasteiger partial charge in [0.05, 0.1) is 22.0 Å². The number of rotatable bonds is 1. The molecule has 0 radical (unpaired) electrons. The molecule has 0 aliphatic rings. The number of hydrogen-bond acceptors (Lipinski definition) is 3. The molecule has 0 aliphatic carbocycles. The molecular formula is C9H9N3O2. The van der Waals surface area contributed by atoms with Gasteiger partial charge in [-0.15, -0.1) is 0 Å². The molecule has 2 aromatic rings. The summed E-state index contributed by atoms with van der Waals surface area (Å²) < 4.78 is 1.63. The first-order valence-corrected chi connectivity index (χ1v) is 4.16. The Bertz CT molecular complexity index is 516. The van der Waals surface area contributed by atoms with Gasteiger partial charge in [-0.2, -0.15) is 5.10 Å². The maximum atomic E-state index is 10.7. The van der Waals surface area contributed by atoms with Crippen LogP contribution in [0.1, 0.15) is 5.56 Å². The number of nitro benzene ring substituents is 1. The number of nitro groups is 1. The quantitative estimate of drug-likeness (QED) is 0.510. The summed E-state index contributed by atoms with van der Waals surface area (Å²) in [5.74, 6) is 0. The van der Waals surface area contributed by atoms with Gasteiger partial charge in [-0.05, 0) is 18.6 Å². The summed E-state index contributed by atoms with van der Waals surface area (Å²) in [4.78, 5) is 10.4. The van der Waals surface area contributed by atoms with E-state index in [2.05, 4.69) is 5.10 Å². The Hall–Kier alpha value is -1.91. The monoisotopic (exact) mass is 191 g/mol. The summed E-state index contributed by atoms with van der Waals surface area (Å²) in [6.07, 6.45) is 1.52. The predicted octanol–water partition coefficient (Wildman–Crippen LogP) is 1.79. The van der Waals surface area contributed by atoms with Crippen molar-refractivity contribution in [2.75, 3.05) is 0 Å². The SMILES string of the molecule is Cc1cc([N+](=O)[O-])c2cnn(C)c2c1. The number of non-ortho nitro benzene ring substituents is 1. The van der Waals surface area contributed by atoms with Gasteiger partial charge >= 0.3 is 0 Å². The summed E-state index contributed by atoms with van der Waals surface area (Å²) in [5.41, 5.74) is 1.78. The molecule has 5 heteroatoms. The molecule has 0 unspecified atom stereocenters. The van der Waals surface area contributed by atoms with Crippen LogP contribution in [0.3, 0.4) is 0 Å². The van der Waals surface area contributed by atoms with Crippen LogP contribution in [0.2, 0.25) is 0 Å². The first kappa shape index (κ1) is 8.68. The molecule has 2 rings (SSSR count). The molecule has 0 fully saturated rings. The molecule has 0 saturated heterocycles. The van der Waals surface area contributed by atoms with E-state index < -0.39 is 0 Å². The second-order valence-electron chi connectivity index (χ2n) is 3.24. The largest absolute Gasteiger partial charge is 0.280 e. The smallest absolute Gasteiger partial charge is 0.268 e. The van der Waals surface area contributed by atoms with Crippen LogP contribution in [0.5, 0.6) is 0 Å². The van der Waals surface area contributed by atoms with Crippen molar-refractivity contribution in [2.24, 2.45) is 7.05 Å². The molecule has 0 amide bonds. The Morgan fingerprint density at radius 1 is 1.50 bits per heavy atom. The molecule has 0 saturated carbocycles. The Kier molecular flexibility index (Phi) is 1.73. The van der Waals surface area contributed by atoms with E-state index in [0.717, 1.165) is 11.1 Å². The van der Waals surface area contributed by atoms with E-state index in [1.807, 2.05) is 13.0 Å². The molecule has 1 heterocycles. The van der Waals surface area contributed by atoms with Crippen molar-refractivity contribution in [3.8, 4) is 0 Å². The fourth-order valence-electron chi connectivity index (χ4n) is 1.52. The lowest BCUT2D eigenvalue weighted by Gasteiger charge is -1.97. The van der Waals surface area contributed by atoms with Gasteiger partial charge < -0.3 is 0 Å². The molecule has 0 N–H and O–H groups in total. The van der Waals surface area contributed by atoms with E-state index in [1.54, 1.807) is 17.8 Å².